The fourth-order valence-electron chi connectivity index (χ4n) is 3.55. The van der Waals surface area contributed by atoms with Gasteiger partial charge in [0.25, 0.3) is 0 Å². The Balaban J connectivity index is 1.95. The lowest BCUT2D eigenvalue weighted by Crippen LogP contribution is -2.19. The molecule has 1 heterocycles. The number of pyridine rings is 1. The maximum atomic E-state index is 14.8. The molecule has 3 N–H and O–H groups in total. The molecule has 0 aliphatic rings. The molecular weight excluding hydrogens is 365 g/mol. The van der Waals surface area contributed by atoms with E-state index in [9.17, 15) is 9.18 Å². The number of aryl methyl sites for hydroxylation is 2. The molecule has 0 radical (unpaired) electrons. The number of urea groups is 1. The molecule has 3 rings (SSSR count). The first-order valence-corrected chi connectivity index (χ1v) is 9.67. The third kappa shape index (κ3) is 4.80. The summed E-state index contributed by atoms with van der Waals surface area (Å²) in [5.74, 6) is 0.694. The van der Waals surface area contributed by atoms with Gasteiger partial charge in [-0.2, -0.15) is 0 Å². The van der Waals surface area contributed by atoms with E-state index in [0.717, 1.165) is 39.8 Å². The Bertz CT molecular complexity index is 1040. The van der Waals surface area contributed by atoms with Crippen molar-refractivity contribution in [2.24, 2.45) is 11.7 Å². The highest BCUT2D eigenvalue weighted by atomic mass is 19.1. The molecule has 0 aliphatic carbocycles. The standard InChI is InChI=1S/C24H26FN3O/c1-14(2)9-17-5-7-19(22(25)12-17)21-11-15(3)20(10-16(21)4)18-6-8-23(27-13-18)28-24(26)29/h5-8,10-14H,9H2,1-4H3,(H3,26,27,28,29). The topological polar surface area (TPSA) is 68.0 Å². The zero-order valence-corrected chi connectivity index (χ0v) is 17.2. The molecule has 0 spiro atoms. The SMILES string of the molecule is Cc1cc(-c2ccc(CC(C)C)cc2F)c(C)cc1-c1ccc(NC(N)=O)nc1. The van der Waals surface area contributed by atoms with E-state index < -0.39 is 6.03 Å². The van der Waals surface area contributed by atoms with Gasteiger partial charge in [-0.25, -0.2) is 14.2 Å². The van der Waals surface area contributed by atoms with Gasteiger partial charge in [0.1, 0.15) is 11.6 Å². The monoisotopic (exact) mass is 391 g/mol. The van der Waals surface area contributed by atoms with Crippen LogP contribution in [-0.4, -0.2) is 11.0 Å². The summed E-state index contributed by atoms with van der Waals surface area (Å²) < 4.78 is 14.8. The minimum absolute atomic E-state index is 0.193. The van der Waals surface area contributed by atoms with Crippen molar-refractivity contribution in [2.45, 2.75) is 34.1 Å². The second kappa shape index (κ2) is 8.43. The van der Waals surface area contributed by atoms with E-state index in [1.54, 1.807) is 18.3 Å². The molecule has 0 saturated heterocycles. The van der Waals surface area contributed by atoms with Crippen molar-refractivity contribution >= 4 is 11.8 Å². The number of anilines is 1. The van der Waals surface area contributed by atoms with E-state index in [1.165, 1.54) is 0 Å². The molecule has 2 aromatic carbocycles. The minimum atomic E-state index is -0.650. The normalized spacial score (nSPS) is 11.0. The number of hydrogen-bond donors (Lipinski definition) is 2. The molecule has 150 valence electrons. The maximum absolute atomic E-state index is 14.8. The van der Waals surface area contributed by atoms with Crippen LogP contribution in [0.25, 0.3) is 22.3 Å². The van der Waals surface area contributed by atoms with E-state index >= 15 is 0 Å². The summed E-state index contributed by atoms with van der Waals surface area (Å²) in [6, 6.07) is 12.5. The number of nitrogens with two attached hydrogens (primary N) is 1. The van der Waals surface area contributed by atoms with Crippen LogP contribution in [0.15, 0.2) is 48.7 Å². The number of hydrogen-bond acceptors (Lipinski definition) is 2. The van der Waals surface area contributed by atoms with Crippen molar-refractivity contribution in [3.8, 4) is 22.3 Å². The summed E-state index contributed by atoms with van der Waals surface area (Å²) in [5.41, 5.74) is 11.6. The Morgan fingerprint density at radius 1 is 1.03 bits per heavy atom. The average Bonchev–Trinajstić information content (AvgIpc) is 2.63. The molecule has 0 bridgehead atoms. The van der Waals surface area contributed by atoms with E-state index in [0.29, 0.717) is 17.3 Å². The second-order valence-electron chi connectivity index (χ2n) is 7.82. The largest absolute Gasteiger partial charge is 0.351 e. The first-order chi connectivity index (χ1) is 13.7. The molecule has 0 aliphatic heterocycles. The van der Waals surface area contributed by atoms with Crippen molar-refractivity contribution < 1.29 is 9.18 Å². The Morgan fingerprint density at radius 2 is 1.72 bits per heavy atom. The molecule has 5 heteroatoms. The zero-order valence-electron chi connectivity index (χ0n) is 17.2. The first-order valence-electron chi connectivity index (χ1n) is 9.67. The van der Waals surface area contributed by atoms with Crippen LogP contribution in [0.1, 0.15) is 30.5 Å². The van der Waals surface area contributed by atoms with Gasteiger partial charge in [0.2, 0.25) is 0 Å². The van der Waals surface area contributed by atoms with Gasteiger partial charge >= 0.3 is 6.03 Å². The molecule has 3 aromatic rings. The van der Waals surface area contributed by atoms with Crippen molar-refractivity contribution in [3.63, 3.8) is 0 Å². The molecule has 0 saturated carbocycles. The molecule has 0 atom stereocenters. The summed E-state index contributed by atoms with van der Waals surface area (Å²) in [6.07, 6.45) is 2.55. The van der Waals surface area contributed by atoms with Gasteiger partial charge in [0.05, 0.1) is 0 Å². The fraction of sp³-hybridized carbons (Fsp3) is 0.250. The number of rotatable bonds is 5. The molecule has 0 unspecified atom stereocenters. The third-order valence-corrected chi connectivity index (χ3v) is 4.86. The Kier molecular flexibility index (Phi) is 5.97. The number of aromatic nitrogens is 1. The number of benzene rings is 2. The number of carbonyl (C=O) groups excluding carboxylic acids is 1. The Labute approximate surface area is 171 Å². The summed E-state index contributed by atoms with van der Waals surface area (Å²) in [4.78, 5) is 15.2. The fourth-order valence-corrected chi connectivity index (χ4v) is 3.55. The molecule has 29 heavy (non-hydrogen) atoms. The number of primary amides is 1. The van der Waals surface area contributed by atoms with E-state index in [-0.39, 0.29) is 5.82 Å². The van der Waals surface area contributed by atoms with Gasteiger partial charge in [-0.15, -0.1) is 0 Å². The van der Waals surface area contributed by atoms with Gasteiger partial charge in [0, 0.05) is 17.3 Å². The average molecular weight is 391 g/mol. The van der Waals surface area contributed by atoms with Crippen LogP contribution in [0, 0.1) is 25.6 Å². The van der Waals surface area contributed by atoms with Crippen LogP contribution in [0.4, 0.5) is 15.0 Å². The van der Waals surface area contributed by atoms with Crippen LogP contribution in [0.5, 0.6) is 0 Å². The Morgan fingerprint density at radius 3 is 2.31 bits per heavy atom. The summed E-state index contributed by atoms with van der Waals surface area (Å²) in [7, 11) is 0. The quantitative estimate of drug-likeness (QED) is 0.572. The smallest absolute Gasteiger partial charge is 0.317 e. The lowest BCUT2D eigenvalue weighted by atomic mass is 9.91. The van der Waals surface area contributed by atoms with Crippen molar-refractivity contribution in [3.05, 3.63) is 71.2 Å². The number of halogens is 1. The van der Waals surface area contributed by atoms with Crippen LogP contribution in [-0.2, 0) is 6.42 Å². The van der Waals surface area contributed by atoms with Gasteiger partial charge in [-0.05, 0) is 72.2 Å². The van der Waals surface area contributed by atoms with Gasteiger partial charge in [-0.1, -0.05) is 38.1 Å². The lowest BCUT2D eigenvalue weighted by Gasteiger charge is -2.15. The maximum Gasteiger partial charge on any atom is 0.317 e. The van der Waals surface area contributed by atoms with Gasteiger partial charge in [0.15, 0.2) is 0 Å². The predicted octanol–water partition coefficient (Wildman–Crippen LogP) is 5.86. The number of carbonyl (C=O) groups is 1. The van der Waals surface area contributed by atoms with Crippen LogP contribution < -0.4 is 11.1 Å². The zero-order chi connectivity index (χ0) is 21.1. The van der Waals surface area contributed by atoms with Crippen LogP contribution in [0.2, 0.25) is 0 Å². The number of nitrogens with one attached hydrogen (secondary N) is 1. The van der Waals surface area contributed by atoms with Gasteiger partial charge in [-0.3, -0.25) is 5.32 Å². The van der Waals surface area contributed by atoms with E-state index in [2.05, 4.69) is 24.1 Å². The van der Waals surface area contributed by atoms with E-state index in [4.69, 9.17) is 5.73 Å². The highest BCUT2D eigenvalue weighted by Crippen LogP contribution is 2.33. The number of amides is 2. The molecule has 1 aromatic heterocycles. The molecule has 0 fully saturated rings. The lowest BCUT2D eigenvalue weighted by molar-refractivity contribution is 0.259. The summed E-state index contributed by atoms with van der Waals surface area (Å²) in [5, 5.41) is 2.45. The van der Waals surface area contributed by atoms with Crippen molar-refractivity contribution in [2.75, 3.05) is 5.32 Å². The van der Waals surface area contributed by atoms with Gasteiger partial charge < -0.3 is 5.73 Å². The third-order valence-electron chi connectivity index (χ3n) is 4.86. The summed E-state index contributed by atoms with van der Waals surface area (Å²) in [6.45, 7) is 8.24. The highest BCUT2D eigenvalue weighted by Gasteiger charge is 2.13. The van der Waals surface area contributed by atoms with E-state index in [1.807, 2.05) is 44.2 Å². The van der Waals surface area contributed by atoms with Crippen molar-refractivity contribution in [1.29, 1.82) is 0 Å². The molecular formula is C24H26FN3O. The van der Waals surface area contributed by atoms with Crippen LogP contribution in [0.3, 0.4) is 0 Å². The molecule has 2 amide bonds. The predicted molar refractivity (Wildman–Crippen MR) is 116 cm³/mol. The number of nitrogens with zero attached hydrogens (tertiary/aromatic N) is 1. The Hall–Kier alpha value is -3.21. The van der Waals surface area contributed by atoms with Crippen molar-refractivity contribution in [1.82, 2.24) is 4.98 Å². The van der Waals surface area contributed by atoms with Crippen LogP contribution >= 0.6 is 0 Å². The minimum Gasteiger partial charge on any atom is -0.351 e. The molecule has 4 nitrogen and oxygen atoms in total. The highest BCUT2D eigenvalue weighted by molar-refractivity contribution is 5.87. The summed E-state index contributed by atoms with van der Waals surface area (Å²) >= 11 is 0. The first kappa shape index (κ1) is 20.5. The second-order valence-corrected chi connectivity index (χ2v) is 7.82.